The van der Waals surface area contributed by atoms with Gasteiger partial charge in [-0.2, -0.15) is 0 Å². The summed E-state index contributed by atoms with van der Waals surface area (Å²) >= 11 is 0. The van der Waals surface area contributed by atoms with Crippen LogP contribution in [0.15, 0.2) is 53.5 Å². The largest absolute Gasteiger partial charge is 0.497 e. The maximum atomic E-state index is 13.7. The fraction of sp³-hybridized carbons (Fsp3) is 0.480. The van der Waals surface area contributed by atoms with E-state index in [0.717, 1.165) is 49.9 Å². The van der Waals surface area contributed by atoms with Gasteiger partial charge in [0.1, 0.15) is 11.6 Å². The highest BCUT2D eigenvalue weighted by molar-refractivity contribution is 5.80. The summed E-state index contributed by atoms with van der Waals surface area (Å²) in [5, 5.41) is 6.94. The maximum absolute atomic E-state index is 13.7. The Hall–Kier alpha value is -2.60. The molecule has 1 heterocycles. The molecule has 2 N–H and O–H groups in total. The van der Waals surface area contributed by atoms with E-state index in [2.05, 4.69) is 41.6 Å². The molecule has 0 unspecified atom stereocenters. The van der Waals surface area contributed by atoms with Gasteiger partial charge in [-0.3, -0.25) is 4.99 Å². The van der Waals surface area contributed by atoms with Crippen molar-refractivity contribution >= 4 is 5.96 Å². The quantitative estimate of drug-likeness (QED) is 0.518. The van der Waals surface area contributed by atoms with Crippen molar-refractivity contribution < 1.29 is 13.9 Å². The van der Waals surface area contributed by atoms with Crippen LogP contribution in [0.2, 0.25) is 0 Å². The summed E-state index contributed by atoms with van der Waals surface area (Å²) in [6.07, 6.45) is 1.89. The molecule has 0 radical (unpaired) electrons. The number of hydrogen-bond donors (Lipinski definition) is 2. The van der Waals surface area contributed by atoms with Crippen LogP contribution in [0.3, 0.4) is 0 Å². The molecular formula is C25H34FN3O2. The lowest BCUT2D eigenvalue weighted by Gasteiger charge is -2.38. The van der Waals surface area contributed by atoms with Gasteiger partial charge in [-0.1, -0.05) is 38.1 Å². The van der Waals surface area contributed by atoms with Gasteiger partial charge in [0.15, 0.2) is 5.96 Å². The SMILES string of the molecule is CN=C(NCC(C)(C)c1cccc(F)c1)NCC1(c2ccc(OC)cc2)CCOCC1. The molecule has 5 nitrogen and oxygen atoms in total. The van der Waals surface area contributed by atoms with Crippen molar-refractivity contribution in [2.24, 2.45) is 4.99 Å². The zero-order chi connectivity index (χ0) is 22.3. The molecule has 2 aromatic carbocycles. The van der Waals surface area contributed by atoms with Gasteiger partial charge in [-0.25, -0.2) is 4.39 Å². The van der Waals surface area contributed by atoms with Crippen molar-refractivity contribution in [2.75, 3.05) is 40.5 Å². The minimum atomic E-state index is -0.244. The summed E-state index contributed by atoms with van der Waals surface area (Å²) in [5.74, 6) is 1.38. The first-order valence-electron chi connectivity index (χ1n) is 10.8. The van der Waals surface area contributed by atoms with Crippen molar-refractivity contribution in [3.05, 3.63) is 65.5 Å². The number of halogens is 1. The average molecular weight is 428 g/mol. The molecule has 3 rings (SSSR count). The number of methoxy groups -OCH3 is 1. The van der Waals surface area contributed by atoms with E-state index in [1.807, 2.05) is 18.2 Å². The maximum Gasteiger partial charge on any atom is 0.191 e. The number of nitrogens with one attached hydrogen (secondary N) is 2. The third kappa shape index (κ3) is 5.76. The predicted molar refractivity (Wildman–Crippen MR) is 124 cm³/mol. The van der Waals surface area contributed by atoms with Crippen LogP contribution in [0, 0.1) is 5.82 Å². The third-order valence-electron chi connectivity index (χ3n) is 6.27. The third-order valence-corrected chi connectivity index (χ3v) is 6.27. The van der Waals surface area contributed by atoms with E-state index in [1.54, 1.807) is 26.3 Å². The number of benzene rings is 2. The Morgan fingerprint density at radius 2 is 1.84 bits per heavy atom. The molecule has 0 atom stereocenters. The molecule has 1 aliphatic rings. The first-order chi connectivity index (χ1) is 14.9. The second-order valence-corrected chi connectivity index (χ2v) is 8.79. The summed E-state index contributed by atoms with van der Waals surface area (Å²) in [5.41, 5.74) is 1.96. The molecule has 0 aliphatic carbocycles. The summed E-state index contributed by atoms with van der Waals surface area (Å²) in [6, 6.07) is 15.1. The smallest absolute Gasteiger partial charge is 0.191 e. The van der Waals surface area contributed by atoms with Gasteiger partial charge in [0.25, 0.3) is 0 Å². The normalized spacial score (nSPS) is 16.6. The van der Waals surface area contributed by atoms with Gasteiger partial charge in [-0.05, 0) is 48.2 Å². The van der Waals surface area contributed by atoms with Crippen LogP contribution in [0.5, 0.6) is 5.75 Å². The van der Waals surface area contributed by atoms with Gasteiger partial charge in [0.05, 0.1) is 7.11 Å². The average Bonchev–Trinajstić information content (AvgIpc) is 2.80. The Kier molecular flexibility index (Phi) is 7.55. The Morgan fingerprint density at radius 1 is 1.13 bits per heavy atom. The predicted octanol–water partition coefficient (Wildman–Crippen LogP) is 4.03. The summed E-state index contributed by atoms with van der Waals surface area (Å²) < 4.78 is 24.6. The van der Waals surface area contributed by atoms with Crippen LogP contribution in [0.4, 0.5) is 4.39 Å². The fourth-order valence-electron chi connectivity index (χ4n) is 4.06. The summed E-state index contributed by atoms with van der Waals surface area (Å²) in [4.78, 5) is 4.41. The molecule has 1 fully saturated rings. The van der Waals surface area contributed by atoms with Crippen molar-refractivity contribution in [1.29, 1.82) is 0 Å². The molecule has 6 heteroatoms. The minimum Gasteiger partial charge on any atom is -0.497 e. The highest BCUT2D eigenvalue weighted by atomic mass is 19.1. The van der Waals surface area contributed by atoms with Crippen LogP contribution < -0.4 is 15.4 Å². The van der Waals surface area contributed by atoms with E-state index in [0.29, 0.717) is 6.54 Å². The molecule has 2 aromatic rings. The first-order valence-corrected chi connectivity index (χ1v) is 10.8. The van der Waals surface area contributed by atoms with E-state index in [1.165, 1.54) is 11.6 Å². The lowest BCUT2D eigenvalue weighted by molar-refractivity contribution is 0.0513. The molecule has 0 saturated carbocycles. The van der Waals surface area contributed by atoms with E-state index in [9.17, 15) is 4.39 Å². The lowest BCUT2D eigenvalue weighted by Crippen LogP contribution is -2.49. The highest BCUT2D eigenvalue weighted by Gasteiger charge is 2.35. The van der Waals surface area contributed by atoms with Crippen molar-refractivity contribution in [1.82, 2.24) is 10.6 Å². The second kappa shape index (κ2) is 10.1. The number of guanidine groups is 1. The lowest BCUT2D eigenvalue weighted by atomic mass is 9.74. The monoisotopic (exact) mass is 427 g/mol. The van der Waals surface area contributed by atoms with Crippen LogP contribution in [-0.4, -0.2) is 46.4 Å². The van der Waals surface area contributed by atoms with Crippen LogP contribution in [0.25, 0.3) is 0 Å². The molecule has 168 valence electrons. The molecule has 0 spiro atoms. The summed E-state index contributed by atoms with van der Waals surface area (Å²) in [7, 11) is 3.45. The molecule has 31 heavy (non-hydrogen) atoms. The topological polar surface area (TPSA) is 54.9 Å². The standard InChI is InChI=1S/C25H34FN3O2/c1-24(2,20-6-5-7-21(26)16-20)17-28-23(27-3)29-18-25(12-14-31-15-13-25)19-8-10-22(30-4)11-9-19/h5-11,16H,12-15,17-18H2,1-4H3,(H2,27,28,29). The van der Waals surface area contributed by atoms with Gasteiger partial charge >= 0.3 is 0 Å². The van der Waals surface area contributed by atoms with E-state index in [4.69, 9.17) is 9.47 Å². The number of rotatable bonds is 7. The zero-order valence-corrected chi connectivity index (χ0v) is 19.0. The van der Waals surface area contributed by atoms with Crippen LogP contribution in [0.1, 0.15) is 37.8 Å². The van der Waals surface area contributed by atoms with Gasteiger partial charge in [-0.15, -0.1) is 0 Å². The van der Waals surface area contributed by atoms with Crippen molar-refractivity contribution in [3.63, 3.8) is 0 Å². The van der Waals surface area contributed by atoms with Crippen molar-refractivity contribution in [3.8, 4) is 5.75 Å². The summed E-state index contributed by atoms with van der Waals surface area (Å²) in [6.45, 7) is 7.06. The molecule has 1 aliphatic heterocycles. The van der Waals surface area contributed by atoms with Gasteiger partial charge < -0.3 is 20.1 Å². The van der Waals surface area contributed by atoms with E-state index < -0.39 is 0 Å². The zero-order valence-electron chi connectivity index (χ0n) is 19.0. The van der Waals surface area contributed by atoms with Gasteiger partial charge in [0.2, 0.25) is 0 Å². The minimum absolute atomic E-state index is 0.0276. The number of ether oxygens (including phenoxy) is 2. The number of aliphatic imine (C=N–C) groups is 1. The highest BCUT2D eigenvalue weighted by Crippen LogP contribution is 2.35. The molecule has 0 bridgehead atoms. The Bertz CT molecular complexity index is 875. The Morgan fingerprint density at radius 3 is 2.45 bits per heavy atom. The fourth-order valence-corrected chi connectivity index (χ4v) is 4.06. The van der Waals surface area contributed by atoms with E-state index >= 15 is 0 Å². The van der Waals surface area contributed by atoms with Gasteiger partial charge in [0, 0.05) is 44.2 Å². The number of nitrogens with zero attached hydrogens (tertiary/aromatic N) is 1. The van der Waals surface area contributed by atoms with Crippen molar-refractivity contribution in [2.45, 2.75) is 37.5 Å². The molecule has 0 aromatic heterocycles. The van der Waals surface area contributed by atoms with E-state index in [-0.39, 0.29) is 16.6 Å². The van der Waals surface area contributed by atoms with Crippen LogP contribution in [-0.2, 0) is 15.6 Å². The molecular weight excluding hydrogens is 393 g/mol. The Labute approximate surface area is 185 Å². The molecule has 0 amide bonds. The first kappa shape index (κ1) is 23.1. The Balaban J connectivity index is 1.67. The number of hydrogen-bond acceptors (Lipinski definition) is 3. The van der Waals surface area contributed by atoms with Crippen LogP contribution >= 0.6 is 0 Å². The molecule has 1 saturated heterocycles. The second-order valence-electron chi connectivity index (χ2n) is 8.79.